The summed E-state index contributed by atoms with van der Waals surface area (Å²) in [5.41, 5.74) is 1.54. The second-order valence-electron chi connectivity index (χ2n) is 5.60. The average molecular weight is 347 g/mol. The minimum absolute atomic E-state index is 0.0428. The van der Waals surface area contributed by atoms with Crippen LogP contribution < -0.4 is 15.4 Å². The number of hydrogen-bond acceptors (Lipinski definition) is 7. The van der Waals surface area contributed by atoms with Gasteiger partial charge in [0.1, 0.15) is 5.75 Å². The molecule has 0 saturated carbocycles. The van der Waals surface area contributed by atoms with Crippen LogP contribution in [0.1, 0.15) is 29.9 Å². The van der Waals surface area contributed by atoms with Crippen molar-refractivity contribution in [1.82, 2.24) is 5.16 Å². The number of nitrogens with one attached hydrogen (secondary N) is 2. The first-order valence-corrected chi connectivity index (χ1v) is 7.75. The second-order valence-corrected chi connectivity index (χ2v) is 5.60. The second kappa shape index (κ2) is 8.18. The molecule has 8 heteroatoms. The lowest BCUT2D eigenvalue weighted by Crippen LogP contribution is -2.22. The molecular weight excluding hydrogens is 326 g/mol. The molecule has 0 aliphatic carbocycles. The van der Waals surface area contributed by atoms with Gasteiger partial charge in [-0.1, -0.05) is 5.16 Å². The molecule has 0 aliphatic rings. The first kappa shape index (κ1) is 18.3. The van der Waals surface area contributed by atoms with Gasteiger partial charge < -0.3 is 19.3 Å². The quantitative estimate of drug-likeness (QED) is 0.742. The molecule has 0 spiro atoms. The zero-order chi connectivity index (χ0) is 18.4. The number of aryl methyl sites for hydroxylation is 1. The van der Waals surface area contributed by atoms with E-state index in [0.29, 0.717) is 22.7 Å². The predicted molar refractivity (Wildman–Crippen MR) is 91.9 cm³/mol. The van der Waals surface area contributed by atoms with Crippen molar-refractivity contribution in [2.24, 2.45) is 0 Å². The first-order chi connectivity index (χ1) is 11.9. The van der Waals surface area contributed by atoms with Gasteiger partial charge in [0.15, 0.2) is 0 Å². The summed E-state index contributed by atoms with van der Waals surface area (Å²) < 4.78 is 15.3. The smallest absolute Gasteiger partial charge is 0.337 e. The van der Waals surface area contributed by atoms with E-state index in [0.717, 1.165) is 0 Å². The molecule has 134 valence electrons. The van der Waals surface area contributed by atoms with E-state index in [2.05, 4.69) is 15.8 Å². The molecular formula is C17H21N3O5. The zero-order valence-corrected chi connectivity index (χ0v) is 14.6. The molecule has 0 aliphatic heterocycles. The Morgan fingerprint density at radius 2 is 2.04 bits per heavy atom. The third-order valence-corrected chi connectivity index (χ3v) is 3.09. The number of ether oxygens (including phenoxy) is 2. The van der Waals surface area contributed by atoms with Crippen LogP contribution in [0.3, 0.4) is 0 Å². The van der Waals surface area contributed by atoms with Crippen molar-refractivity contribution in [2.75, 3.05) is 24.3 Å². The van der Waals surface area contributed by atoms with E-state index in [-0.39, 0.29) is 24.4 Å². The minimum Gasteiger partial charge on any atom is -0.489 e. The fourth-order valence-corrected chi connectivity index (χ4v) is 2.05. The highest BCUT2D eigenvalue weighted by molar-refractivity contribution is 5.94. The van der Waals surface area contributed by atoms with Crippen LogP contribution in [0, 0.1) is 6.92 Å². The van der Waals surface area contributed by atoms with Crippen molar-refractivity contribution in [1.29, 1.82) is 0 Å². The standard InChI is InChI=1S/C17H21N3O5/c1-10(2)24-14-6-5-12(17(22)23-4)8-13(14)18-9-15(21)19-16-7-11(3)20-25-16/h5-8,10,18H,9H2,1-4H3,(H,19,21). The lowest BCUT2D eigenvalue weighted by molar-refractivity contribution is -0.114. The van der Waals surface area contributed by atoms with Crippen molar-refractivity contribution >= 4 is 23.4 Å². The highest BCUT2D eigenvalue weighted by Crippen LogP contribution is 2.27. The molecule has 0 radical (unpaired) electrons. The molecule has 8 nitrogen and oxygen atoms in total. The highest BCUT2D eigenvalue weighted by atomic mass is 16.5. The van der Waals surface area contributed by atoms with Gasteiger partial charge in [-0.15, -0.1) is 0 Å². The molecule has 0 unspecified atom stereocenters. The van der Waals surface area contributed by atoms with E-state index in [1.807, 2.05) is 13.8 Å². The molecule has 1 heterocycles. The van der Waals surface area contributed by atoms with E-state index in [9.17, 15) is 9.59 Å². The number of anilines is 2. The van der Waals surface area contributed by atoms with Gasteiger partial charge in [-0.25, -0.2) is 4.79 Å². The van der Waals surface area contributed by atoms with Crippen molar-refractivity contribution < 1.29 is 23.6 Å². The number of benzene rings is 1. The summed E-state index contributed by atoms with van der Waals surface area (Å²) in [6.45, 7) is 5.48. The topological polar surface area (TPSA) is 103 Å². The summed E-state index contributed by atoms with van der Waals surface area (Å²) in [7, 11) is 1.31. The maximum Gasteiger partial charge on any atom is 0.337 e. The monoisotopic (exact) mass is 347 g/mol. The number of nitrogens with zero attached hydrogens (tertiary/aromatic N) is 1. The third-order valence-electron chi connectivity index (χ3n) is 3.09. The first-order valence-electron chi connectivity index (χ1n) is 7.75. The molecule has 0 bridgehead atoms. The van der Waals surface area contributed by atoms with E-state index < -0.39 is 5.97 Å². The van der Waals surface area contributed by atoms with E-state index >= 15 is 0 Å². The maximum atomic E-state index is 12.0. The van der Waals surface area contributed by atoms with Gasteiger partial charge in [0.2, 0.25) is 11.8 Å². The predicted octanol–water partition coefficient (Wildman–Crippen LogP) is 2.61. The Bertz CT molecular complexity index is 754. The van der Waals surface area contributed by atoms with Crippen LogP contribution in [0.2, 0.25) is 0 Å². The highest BCUT2D eigenvalue weighted by Gasteiger charge is 2.13. The van der Waals surface area contributed by atoms with Crippen molar-refractivity contribution in [3.63, 3.8) is 0 Å². The van der Waals surface area contributed by atoms with E-state index in [1.54, 1.807) is 31.2 Å². The number of carbonyl (C=O) groups excluding carboxylic acids is 2. The Labute approximate surface area is 145 Å². The number of amides is 1. The number of methoxy groups -OCH3 is 1. The van der Waals surface area contributed by atoms with Gasteiger partial charge in [0, 0.05) is 6.07 Å². The Morgan fingerprint density at radius 1 is 1.28 bits per heavy atom. The van der Waals surface area contributed by atoms with E-state index in [1.165, 1.54) is 7.11 Å². The van der Waals surface area contributed by atoms with Gasteiger partial charge in [-0.3, -0.25) is 10.1 Å². The fraction of sp³-hybridized carbons (Fsp3) is 0.353. The van der Waals surface area contributed by atoms with Crippen LogP contribution in [-0.4, -0.2) is 36.8 Å². The summed E-state index contributed by atoms with van der Waals surface area (Å²) >= 11 is 0. The molecule has 1 aromatic carbocycles. The third kappa shape index (κ3) is 5.23. The molecule has 2 aromatic rings. The summed E-state index contributed by atoms with van der Waals surface area (Å²) in [6.07, 6.45) is -0.0597. The Balaban J connectivity index is 2.09. The Morgan fingerprint density at radius 3 is 2.64 bits per heavy atom. The molecule has 0 fully saturated rings. The molecule has 2 N–H and O–H groups in total. The zero-order valence-electron chi connectivity index (χ0n) is 14.6. The number of hydrogen-bond donors (Lipinski definition) is 2. The van der Waals surface area contributed by atoms with Crippen molar-refractivity contribution in [3.8, 4) is 5.75 Å². The van der Waals surface area contributed by atoms with E-state index in [4.69, 9.17) is 14.0 Å². The van der Waals surface area contributed by atoms with Gasteiger partial charge in [-0.05, 0) is 39.0 Å². The number of aromatic nitrogens is 1. The summed E-state index contributed by atoms with van der Waals surface area (Å²) in [5, 5.41) is 9.23. The van der Waals surface area contributed by atoms with Crippen LogP contribution in [0.25, 0.3) is 0 Å². The summed E-state index contributed by atoms with van der Waals surface area (Å²) in [4.78, 5) is 23.7. The van der Waals surface area contributed by atoms with Crippen LogP contribution in [0.4, 0.5) is 11.6 Å². The molecule has 1 amide bonds. The molecule has 0 saturated heterocycles. The van der Waals surface area contributed by atoms with Crippen LogP contribution in [0.5, 0.6) is 5.75 Å². The maximum absolute atomic E-state index is 12.0. The molecule has 25 heavy (non-hydrogen) atoms. The minimum atomic E-state index is -0.472. The Hall–Kier alpha value is -3.03. The molecule has 0 atom stereocenters. The molecule has 1 aromatic heterocycles. The van der Waals surface area contributed by atoms with Crippen LogP contribution >= 0.6 is 0 Å². The van der Waals surface area contributed by atoms with Gasteiger partial charge in [-0.2, -0.15) is 0 Å². The molecule has 2 rings (SSSR count). The van der Waals surface area contributed by atoms with Gasteiger partial charge in [0.25, 0.3) is 0 Å². The van der Waals surface area contributed by atoms with Crippen molar-refractivity contribution in [3.05, 3.63) is 35.5 Å². The van der Waals surface area contributed by atoms with Crippen molar-refractivity contribution in [2.45, 2.75) is 26.9 Å². The summed E-state index contributed by atoms with van der Waals surface area (Å²) in [5.74, 6) is 0.00748. The number of carbonyl (C=O) groups is 2. The largest absolute Gasteiger partial charge is 0.489 e. The summed E-state index contributed by atoms with van der Waals surface area (Å²) in [6, 6.07) is 6.46. The SMILES string of the molecule is COC(=O)c1ccc(OC(C)C)c(NCC(=O)Nc2cc(C)no2)c1. The average Bonchev–Trinajstić information content (AvgIpc) is 2.97. The Kier molecular flexibility index (Phi) is 5.99. The fourth-order valence-electron chi connectivity index (χ4n) is 2.05. The lowest BCUT2D eigenvalue weighted by Gasteiger charge is -2.16. The number of rotatable bonds is 7. The van der Waals surface area contributed by atoms with Crippen LogP contribution in [0.15, 0.2) is 28.8 Å². The lowest BCUT2D eigenvalue weighted by atomic mass is 10.2. The van der Waals surface area contributed by atoms with Gasteiger partial charge in [0.05, 0.1) is 36.7 Å². The normalized spacial score (nSPS) is 10.4. The number of esters is 1. The van der Waals surface area contributed by atoms with Crippen LogP contribution in [-0.2, 0) is 9.53 Å². The van der Waals surface area contributed by atoms with Gasteiger partial charge >= 0.3 is 5.97 Å².